The molecule has 1 atom stereocenters. The van der Waals surface area contributed by atoms with Gasteiger partial charge in [0.1, 0.15) is 5.83 Å². The molecule has 1 aliphatic rings. The van der Waals surface area contributed by atoms with Crippen LogP contribution in [0.5, 0.6) is 0 Å². The summed E-state index contributed by atoms with van der Waals surface area (Å²) >= 11 is 0. The Hall–Kier alpha value is -1.44. The summed E-state index contributed by atoms with van der Waals surface area (Å²) in [5, 5.41) is 0. The van der Waals surface area contributed by atoms with Crippen LogP contribution in [0.25, 0.3) is 0 Å². The van der Waals surface area contributed by atoms with Gasteiger partial charge in [0.15, 0.2) is 5.83 Å². The molecule has 0 N–H and O–H groups in total. The van der Waals surface area contributed by atoms with E-state index in [2.05, 4.69) is 54.7 Å². The first-order valence-electron chi connectivity index (χ1n) is 12.1. The maximum atomic E-state index is 15.1. The summed E-state index contributed by atoms with van der Waals surface area (Å²) in [6, 6.07) is 0. The highest BCUT2D eigenvalue weighted by Gasteiger charge is 2.51. The lowest BCUT2D eigenvalue weighted by molar-refractivity contribution is 0.0215. The third kappa shape index (κ3) is 6.08. The van der Waals surface area contributed by atoms with Crippen LogP contribution >= 0.6 is 0 Å². The Morgan fingerprint density at radius 2 is 1.71 bits per heavy atom. The monoisotopic (exact) mass is 432 g/mol. The third-order valence-electron chi connectivity index (χ3n) is 7.86. The van der Waals surface area contributed by atoms with E-state index in [4.69, 9.17) is 0 Å². The predicted molar refractivity (Wildman–Crippen MR) is 133 cm³/mol. The first-order chi connectivity index (χ1) is 14.4. The number of hydrogen-bond donors (Lipinski definition) is 0. The van der Waals surface area contributed by atoms with Crippen LogP contribution in [0.4, 0.5) is 8.78 Å². The van der Waals surface area contributed by atoms with E-state index < -0.39 is 11.7 Å². The lowest BCUT2D eigenvalue weighted by Gasteiger charge is -2.55. The molecular weight excluding hydrogens is 386 g/mol. The van der Waals surface area contributed by atoms with E-state index in [1.807, 2.05) is 13.8 Å². The van der Waals surface area contributed by atoms with Gasteiger partial charge in [-0.1, -0.05) is 77.8 Å². The average molecular weight is 433 g/mol. The van der Waals surface area contributed by atoms with Crippen molar-refractivity contribution in [3.8, 4) is 0 Å². The maximum Gasteiger partial charge on any atom is 0.157 e. The van der Waals surface area contributed by atoms with E-state index in [0.717, 1.165) is 43.3 Å². The van der Waals surface area contributed by atoms with Gasteiger partial charge in [-0.3, -0.25) is 0 Å². The first kappa shape index (κ1) is 27.6. The van der Waals surface area contributed by atoms with E-state index in [1.54, 1.807) is 6.08 Å². The van der Waals surface area contributed by atoms with Crippen LogP contribution in [0.2, 0.25) is 0 Å². The molecule has 0 nitrogen and oxygen atoms in total. The zero-order chi connectivity index (χ0) is 24.0. The van der Waals surface area contributed by atoms with Crippen LogP contribution in [0.3, 0.4) is 0 Å². The molecule has 0 amide bonds. The number of rotatable bonds is 12. The molecule has 1 aliphatic carbocycles. The van der Waals surface area contributed by atoms with E-state index >= 15 is 4.39 Å². The Bertz CT molecular complexity index is 754. The van der Waals surface area contributed by atoms with E-state index in [0.29, 0.717) is 24.3 Å². The Labute approximate surface area is 191 Å². The summed E-state index contributed by atoms with van der Waals surface area (Å²) in [4.78, 5) is 0. The van der Waals surface area contributed by atoms with Crippen molar-refractivity contribution in [2.24, 2.45) is 16.7 Å². The van der Waals surface area contributed by atoms with Crippen molar-refractivity contribution >= 4 is 0 Å². The molecule has 0 aromatic carbocycles. The molecule has 0 aromatic heterocycles. The lowest BCUT2D eigenvalue weighted by Crippen LogP contribution is -2.45. The van der Waals surface area contributed by atoms with Gasteiger partial charge in [-0.05, 0) is 86.3 Å². The molecule has 0 bridgehead atoms. The van der Waals surface area contributed by atoms with Crippen molar-refractivity contribution in [3.05, 3.63) is 58.8 Å². The van der Waals surface area contributed by atoms with Crippen molar-refractivity contribution in [2.75, 3.05) is 0 Å². The van der Waals surface area contributed by atoms with Crippen LogP contribution in [0.15, 0.2) is 58.8 Å². The van der Waals surface area contributed by atoms with Crippen molar-refractivity contribution in [1.82, 2.24) is 0 Å². The molecule has 0 aromatic rings. The van der Waals surface area contributed by atoms with E-state index in [-0.39, 0.29) is 17.3 Å². The predicted octanol–water partition coefficient (Wildman–Crippen LogP) is 10.4. The smallest absolute Gasteiger partial charge is 0.157 e. The van der Waals surface area contributed by atoms with Crippen molar-refractivity contribution in [2.45, 2.75) is 107 Å². The fourth-order valence-corrected chi connectivity index (χ4v) is 5.21. The minimum absolute atomic E-state index is 0.0405. The summed E-state index contributed by atoms with van der Waals surface area (Å²) in [6.07, 6.45) is 8.31. The Morgan fingerprint density at radius 3 is 2.10 bits per heavy atom. The van der Waals surface area contributed by atoms with Gasteiger partial charge in [0.25, 0.3) is 0 Å². The first-order valence-corrected chi connectivity index (χ1v) is 12.1. The highest BCUT2D eigenvalue weighted by Crippen LogP contribution is 2.62. The van der Waals surface area contributed by atoms with Gasteiger partial charge in [0.2, 0.25) is 0 Å². The SMILES string of the molecule is C=C(C)/C(C(=C)CC)=C(/C)C1(C(C)(C)CC(=C/C)/C(F)=C(/F)CCC(C)CC)CCC1. The molecule has 1 saturated carbocycles. The van der Waals surface area contributed by atoms with Gasteiger partial charge in [-0.2, -0.15) is 0 Å². The Kier molecular flexibility index (Phi) is 10.2. The molecule has 1 fully saturated rings. The van der Waals surface area contributed by atoms with Crippen LogP contribution in [0.1, 0.15) is 107 Å². The molecule has 176 valence electrons. The summed E-state index contributed by atoms with van der Waals surface area (Å²) in [5.74, 6) is -0.837. The second kappa shape index (κ2) is 11.4. The molecular formula is C29H46F2. The molecule has 1 rings (SSSR count). The maximum absolute atomic E-state index is 15.1. The van der Waals surface area contributed by atoms with Crippen LogP contribution < -0.4 is 0 Å². The van der Waals surface area contributed by atoms with Gasteiger partial charge in [0, 0.05) is 6.42 Å². The molecule has 0 radical (unpaired) electrons. The minimum Gasteiger partial charge on any atom is -0.209 e. The molecule has 0 spiro atoms. The molecule has 2 heteroatoms. The van der Waals surface area contributed by atoms with Gasteiger partial charge in [-0.25, -0.2) is 8.78 Å². The van der Waals surface area contributed by atoms with Gasteiger partial charge >= 0.3 is 0 Å². The van der Waals surface area contributed by atoms with E-state index in [9.17, 15) is 4.39 Å². The van der Waals surface area contributed by atoms with Crippen molar-refractivity contribution in [1.29, 1.82) is 0 Å². The number of hydrogen-bond acceptors (Lipinski definition) is 0. The average Bonchev–Trinajstić information content (AvgIpc) is 2.67. The molecule has 31 heavy (non-hydrogen) atoms. The largest absolute Gasteiger partial charge is 0.209 e. The van der Waals surface area contributed by atoms with Crippen LogP contribution in [-0.4, -0.2) is 0 Å². The normalized spacial score (nSPS) is 19.2. The fourth-order valence-electron chi connectivity index (χ4n) is 5.21. The second-order valence-electron chi connectivity index (χ2n) is 10.3. The van der Waals surface area contributed by atoms with Crippen molar-refractivity contribution < 1.29 is 8.78 Å². The highest BCUT2D eigenvalue weighted by atomic mass is 19.2. The molecule has 0 heterocycles. The van der Waals surface area contributed by atoms with Crippen LogP contribution in [0, 0.1) is 16.7 Å². The standard InChI is InChI=1S/C29H46F2/c1-11-21(6)15-16-25(30)27(31)24(13-3)19-28(9,10)29(17-14-18-29)23(8)26(20(4)5)22(7)12-2/h13,21H,4,7,11-12,14-19H2,1-3,5-6,8-10H3/b24-13-,26-23+,27-25-. The van der Waals surface area contributed by atoms with Gasteiger partial charge in [-0.15, -0.1) is 0 Å². The second-order valence-corrected chi connectivity index (χ2v) is 10.3. The molecule has 0 saturated heterocycles. The van der Waals surface area contributed by atoms with E-state index in [1.165, 1.54) is 11.1 Å². The quantitative estimate of drug-likeness (QED) is 0.269. The zero-order valence-electron chi connectivity index (χ0n) is 21.5. The summed E-state index contributed by atoms with van der Waals surface area (Å²) < 4.78 is 29.8. The van der Waals surface area contributed by atoms with Gasteiger partial charge in [0.05, 0.1) is 0 Å². The Morgan fingerprint density at radius 1 is 1.13 bits per heavy atom. The molecule has 1 unspecified atom stereocenters. The minimum atomic E-state index is -0.645. The third-order valence-corrected chi connectivity index (χ3v) is 7.86. The van der Waals surface area contributed by atoms with Gasteiger partial charge < -0.3 is 0 Å². The van der Waals surface area contributed by atoms with Crippen LogP contribution in [-0.2, 0) is 0 Å². The van der Waals surface area contributed by atoms with Crippen molar-refractivity contribution in [3.63, 3.8) is 0 Å². The summed E-state index contributed by atoms with van der Waals surface area (Å²) in [7, 11) is 0. The Balaban J connectivity index is 3.30. The highest BCUT2D eigenvalue weighted by molar-refractivity contribution is 5.49. The lowest BCUT2D eigenvalue weighted by atomic mass is 9.49. The molecule has 0 aliphatic heterocycles. The number of allylic oxidation sites excluding steroid dienone is 8. The summed E-state index contributed by atoms with van der Waals surface area (Å²) in [5.41, 5.74) is 4.91. The topological polar surface area (TPSA) is 0 Å². The fraction of sp³-hybridized carbons (Fsp3) is 0.655. The summed E-state index contributed by atoms with van der Waals surface area (Å²) in [6.45, 7) is 25.3. The number of halogens is 2. The zero-order valence-corrected chi connectivity index (χ0v) is 21.5.